The zero-order chi connectivity index (χ0) is 25.9. The van der Waals surface area contributed by atoms with Gasteiger partial charge in [0, 0.05) is 18.5 Å². The Hall–Kier alpha value is -3.44. The van der Waals surface area contributed by atoms with Gasteiger partial charge in [0.1, 0.15) is 11.4 Å². The van der Waals surface area contributed by atoms with Crippen LogP contribution in [-0.2, 0) is 11.8 Å². The maximum atomic E-state index is 13.0. The first-order valence-electron chi connectivity index (χ1n) is 11.7. The number of carbonyl (C=O) groups excluding carboxylic acids is 1. The summed E-state index contributed by atoms with van der Waals surface area (Å²) in [6.07, 6.45) is 2.20. The van der Waals surface area contributed by atoms with Gasteiger partial charge < -0.3 is 30.2 Å². The van der Waals surface area contributed by atoms with Gasteiger partial charge in [0.25, 0.3) is 11.1 Å². The Morgan fingerprint density at radius 3 is 2.50 bits per heavy atom. The molecular formula is C25H32N6O4S. The smallest absolute Gasteiger partial charge is 0.279 e. The van der Waals surface area contributed by atoms with E-state index in [4.69, 9.17) is 14.2 Å². The predicted molar refractivity (Wildman–Crippen MR) is 140 cm³/mol. The topological polar surface area (TPSA) is 120 Å². The molecule has 0 bridgehead atoms. The van der Waals surface area contributed by atoms with E-state index >= 15 is 0 Å². The second kappa shape index (κ2) is 10.7. The highest BCUT2D eigenvalue weighted by molar-refractivity contribution is 7.11. The third-order valence-corrected chi connectivity index (χ3v) is 6.91. The van der Waals surface area contributed by atoms with Crippen molar-refractivity contribution in [2.24, 2.45) is 0 Å². The molecule has 1 aliphatic rings. The monoisotopic (exact) mass is 512 g/mol. The molecule has 1 aromatic carbocycles. The molecule has 10 nitrogen and oxygen atoms in total. The van der Waals surface area contributed by atoms with E-state index in [1.165, 1.54) is 36.7 Å². The van der Waals surface area contributed by atoms with E-state index in [1.54, 1.807) is 5.38 Å². The number of nitrogens with one attached hydrogen (secondary N) is 3. The van der Waals surface area contributed by atoms with Crippen molar-refractivity contribution in [1.82, 2.24) is 20.3 Å². The van der Waals surface area contributed by atoms with Gasteiger partial charge in [-0.1, -0.05) is 31.3 Å². The van der Waals surface area contributed by atoms with Crippen LogP contribution in [0.1, 0.15) is 47.4 Å². The molecule has 36 heavy (non-hydrogen) atoms. The number of anilines is 2. The highest BCUT2D eigenvalue weighted by Gasteiger charge is 2.31. The number of aromatic nitrogens is 3. The summed E-state index contributed by atoms with van der Waals surface area (Å²) < 4.78 is 16.9. The Morgan fingerprint density at radius 2 is 1.83 bits per heavy atom. The molecule has 0 saturated heterocycles. The van der Waals surface area contributed by atoms with Crippen molar-refractivity contribution in [2.75, 3.05) is 45.0 Å². The number of carbonyl (C=O) groups is 1. The van der Waals surface area contributed by atoms with Gasteiger partial charge in [0.05, 0.1) is 14.2 Å². The molecule has 0 unspecified atom stereocenters. The number of likely N-dealkylation sites (N-methyl/N-ethyl adjacent to an activating group) is 1. The van der Waals surface area contributed by atoms with Crippen LogP contribution in [0.2, 0.25) is 0 Å². The highest BCUT2D eigenvalue weighted by Crippen LogP contribution is 2.42. The Bertz CT molecular complexity index is 1230. The molecule has 11 heteroatoms. The lowest BCUT2D eigenvalue weighted by molar-refractivity contribution is 0.102. The lowest BCUT2D eigenvalue weighted by Gasteiger charge is -2.20. The van der Waals surface area contributed by atoms with Gasteiger partial charge in [0.2, 0.25) is 17.7 Å². The second-order valence-corrected chi connectivity index (χ2v) is 10.0. The molecule has 0 atom stereocenters. The molecule has 4 rings (SSSR count). The summed E-state index contributed by atoms with van der Waals surface area (Å²) in [5, 5.41) is 10.9. The third-order valence-electron chi connectivity index (χ3n) is 6.19. The van der Waals surface area contributed by atoms with Crippen LogP contribution in [0.25, 0.3) is 0 Å². The van der Waals surface area contributed by atoms with Gasteiger partial charge in [-0.3, -0.25) is 4.79 Å². The van der Waals surface area contributed by atoms with Crippen molar-refractivity contribution < 1.29 is 19.0 Å². The molecule has 0 saturated carbocycles. The number of ether oxygens (including phenoxy) is 3. The van der Waals surface area contributed by atoms with Crippen LogP contribution in [0.15, 0.2) is 17.5 Å². The Morgan fingerprint density at radius 1 is 1.11 bits per heavy atom. The number of thiazole rings is 1. The van der Waals surface area contributed by atoms with Crippen LogP contribution < -0.4 is 30.2 Å². The minimum Gasteiger partial charge on any atom is -0.479 e. The summed E-state index contributed by atoms with van der Waals surface area (Å²) in [5.74, 6) is 0.969. The van der Waals surface area contributed by atoms with Crippen molar-refractivity contribution in [2.45, 2.75) is 39.0 Å². The summed E-state index contributed by atoms with van der Waals surface area (Å²) in [6.45, 7) is 7.86. The summed E-state index contributed by atoms with van der Waals surface area (Å²) in [5.41, 5.74) is 4.26. The maximum absolute atomic E-state index is 13.0. The summed E-state index contributed by atoms with van der Waals surface area (Å²) >= 11 is 1.25. The zero-order valence-electron chi connectivity index (χ0n) is 21.4. The van der Waals surface area contributed by atoms with Gasteiger partial charge in [0.15, 0.2) is 5.69 Å². The van der Waals surface area contributed by atoms with Gasteiger partial charge in [-0.25, -0.2) is 0 Å². The third kappa shape index (κ3) is 5.36. The Kier molecular flexibility index (Phi) is 7.60. The number of rotatable bonds is 10. The molecule has 192 valence electrons. The van der Waals surface area contributed by atoms with E-state index < -0.39 is 5.91 Å². The average Bonchev–Trinajstić information content (AvgIpc) is 3.44. The van der Waals surface area contributed by atoms with Crippen LogP contribution in [0.4, 0.5) is 11.6 Å². The molecule has 0 fully saturated rings. The lowest BCUT2D eigenvalue weighted by atomic mass is 9.86. The molecule has 3 N–H and O–H groups in total. The zero-order valence-corrected chi connectivity index (χ0v) is 22.3. The quantitative estimate of drug-likeness (QED) is 0.344. The van der Waals surface area contributed by atoms with Crippen molar-refractivity contribution in [3.63, 3.8) is 0 Å². The Balaban J connectivity index is 1.51. The van der Waals surface area contributed by atoms with Gasteiger partial charge in [-0.05, 0) is 55.0 Å². The molecule has 2 heterocycles. The molecule has 0 radical (unpaired) electrons. The molecule has 0 spiro atoms. The first-order valence-corrected chi connectivity index (χ1v) is 12.6. The summed E-state index contributed by atoms with van der Waals surface area (Å²) in [7, 11) is 4.78. The van der Waals surface area contributed by atoms with Crippen LogP contribution in [0.3, 0.4) is 0 Å². The largest absolute Gasteiger partial charge is 0.479 e. The number of hydrogen-bond acceptors (Lipinski definition) is 10. The molecule has 3 aromatic rings. The molecular weight excluding hydrogens is 480 g/mol. The number of amides is 1. The summed E-state index contributed by atoms with van der Waals surface area (Å²) in [4.78, 5) is 26.0. The number of nitrogens with zero attached hydrogens (tertiary/aromatic N) is 3. The summed E-state index contributed by atoms with van der Waals surface area (Å²) in [6, 6.07) is 4.30. The average molecular weight is 513 g/mol. The second-order valence-electron chi connectivity index (χ2n) is 9.18. The normalized spacial score (nSPS) is 13.7. The molecule has 0 aliphatic heterocycles. The van der Waals surface area contributed by atoms with Gasteiger partial charge >= 0.3 is 0 Å². The molecule has 1 aliphatic carbocycles. The standard InChI is InChI=1S/C25H32N6O4S/c1-14-11-15-7-8-25(2,3)16(15)12-18(14)35-24-28-17(13-36-24)20(32)29-19-21(33-5)30-23(27-10-9-26-4)31-22(19)34-6/h11-13,26H,7-10H2,1-6H3,(H,29,32)(H,27,30,31). The van der Waals surface area contributed by atoms with Crippen molar-refractivity contribution in [3.05, 3.63) is 39.9 Å². The maximum Gasteiger partial charge on any atom is 0.279 e. The van der Waals surface area contributed by atoms with E-state index in [1.807, 2.05) is 14.0 Å². The van der Waals surface area contributed by atoms with Crippen LogP contribution >= 0.6 is 11.3 Å². The van der Waals surface area contributed by atoms with Crippen LogP contribution in [0.5, 0.6) is 22.7 Å². The van der Waals surface area contributed by atoms with Crippen LogP contribution in [0, 0.1) is 6.92 Å². The lowest BCUT2D eigenvalue weighted by Crippen LogP contribution is -2.20. The van der Waals surface area contributed by atoms with Gasteiger partial charge in [-0.15, -0.1) is 0 Å². The fourth-order valence-corrected chi connectivity index (χ4v) is 4.82. The first-order chi connectivity index (χ1) is 17.2. The number of fused-ring (bicyclic) bond motifs is 1. The van der Waals surface area contributed by atoms with Crippen LogP contribution in [-0.4, -0.2) is 55.2 Å². The van der Waals surface area contributed by atoms with E-state index in [-0.39, 0.29) is 28.6 Å². The predicted octanol–water partition coefficient (Wildman–Crippen LogP) is 4.16. The molecule has 1 amide bonds. The van der Waals surface area contributed by atoms with Crippen molar-refractivity contribution >= 4 is 28.9 Å². The van der Waals surface area contributed by atoms with E-state index in [0.29, 0.717) is 17.7 Å². The molecule has 2 aromatic heterocycles. The van der Waals surface area contributed by atoms with E-state index in [2.05, 4.69) is 56.9 Å². The van der Waals surface area contributed by atoms with E-state index in [9.17, 15) is 4.79 Å². The number of methoxy groups -OCH3 is 2. The van der Waals surface area contributed by atoms with Crippen molar-refractivity contribution in [3.8, 4) is 22.7 Å². The van der Waals surface area contributed by atoms with Crippen molar-refractivity contribution in [1.29, 1.82) is 0 Å². The highest BCUT2D eigenvalue weighted by atomic mass is 32.1. The number of hydrogen-bond donors (Lipinski definition) is 3. The number of aryl methyl sites for hydroxylation is 2. The SMILES string of the molecule is CNCCNc1nc(OC)c(NC(=O)c2csc(Oc3cc4c(cc3C)CCC4(C)C)n2)c(OC)n1. The Labute approximate surface area is 214 Å². The van der Waals surface area contributed by atoms with Gasteiger partial charge in [-0.2, -0.15) is 15.0 Å². The minimum atomic E-state index is -0.455. The fourth-order valence-electron chi connectivity index (χ4n) is 4.16. The van der Waals surface area contributed by atoms with E-state index in [0.717, 1.165) is 30.7 Å². The number of benzene rings is 1. The minimum absolute atomic E-state index is 0.118. The first kappa shape index (κ1) is 25.6. The fraction of sp³-hybridized carbons (Fsp3) is 0.440.